The second-order valence-electron chi connectivity index (χ2n) is 6.14. The second kappa shape index (κ2) is 7.65. The van der Waals surface area contributed by atoms with E-state index in [1.165, 1.54) is 5.56 Å². The number of hydrogen-bond donors (Lipinski definition) is 2. The zero-order chi connectivity index (χ0) is 15.2. The summed E-state index contributed by atoms with van der Waals surface area (Å²) < 4.78 is 5.83. The molecular formula is C17H29NO2. The maximum atomic E-state index is 10.3. The van der Waals surface area contributed by atoms with Crippen LogP contribution < -0.4 is 10.1 Å². The molecule has 1 aromatic carbocycles. The highest BCUT2D eigenvalue weighted by atomic mass is 16.5. The van der Waals surface area contributed by atoms with Gasteiger partial charge in [0, 0.05) is 6.54 Å². The number of aryl methyl sites for hydroxylation is 1. The monoisotopic (exact) mass is 279 g/mol. The summed E-state index contributed by atoms with van der Waals surface area (Å²) in [4.78, 5) is 0. The second-order valence-corrected chi connectivity index (χ2v) is 6.14. The van der Waals surface area contributed by atoms with Gasteiger partial charge in [-0.15, -0.1) is 0 Å². The molecule has 0 aliphatic carbocycles. The van der Waals surface area contributed by atoms with E-state index in [9.17, 15) is 5.11 Å². The minimum Gasteiger partial charge on any atom is -0.490 e. The largest absolute Gasteiger partial charge is 0.490 e. The fourth-order valence-electron chi connectivity index (χ4n) is 1.95. The fourth-order valence-corrected chi connectivity index (χ4v) is 1.95. The lowest BCUT2D eigenvalue weighted by Gasteiger charge is -2.24. The minimum atomic E-state index is -0.852. The summed E-state index contributed by atoms with van der Waals surface area (Å²) in [6.07, 6.45) is 1.06. The molecule has 2 N–H and O–H groups in total. The first kappa shape index (κ1) is 17.0. The van der Waals surface area contributed by atoms with Crippen molar-refractivity contribution in [2.75, 3.05) is 19.7 Å². The first-order chi connectivity index (χ1) is 9.35. The molecule has 0 radical (unpaired) electrons. The molecule has 3 nitrogen and oxygen atoms in total. The molecule has 1 atom stereocenters. The number of hydrogen-bond acceptors (Lipinski definition) is 3. The summed E-state index contributed by atoms with van der Waals surface area (Å²) in [6, 6.07) is 6.29. The van der Waals surface area contributed by atoms with Gasteiger partial charge in [0.05, 0.1) is 0 Å². The fraction of sp³-hybridized carbons (Fsp3) is 0.647. The van der Waals surface area contributed by atoms with Gasteiger partial charge in [0.25, 0.3) is 0 Å². The van der Waals surface area contributed by atoms with Gasteiger partial charge in [0.1, 0.15) is 18.0 Å². The SMILES string of the molecule is CCCNCC(C)(O)COc1cc(C(C)C)ccc1C. The van der Waals surface area contributed by atoms with Gasteiger partial charge < -0.3 is 15.2 Å². The number of rotatable bonds is 8. The van der Waals surface area contributed by atoms with Crippen LogP contribution in [0.2, 0.25) is 0 Å². The van der Waals surface area contributed by atoms with E-state index in [4.69, 9.17) is 4.74 Å². The van der Waals surface area contributed by atoms with Gasteiger partial charge in [-0.1, -0.05) is 32.9 Å². The number of ether oxygens (including phenoxy) is 1. The van der Waals surface area contributed by atoms with E-state index < -0.39 is 5.60 Å². The normalized spacial score (nSPS) is 14.3. The summed E-state index contributed by atoms with van der Waals surface area (Å²) in [5, 5.41) is 13.5. The Balaban J connectivity index is 2.62. The molecular weight excluding hydrogens is 250 g/mol. The maximum Gasteiger partial charge on any atom is 0.122 e. The molecule has 20 heavy (non-hydrogen) atoms. The third kappa shape index (κ3) is 5.51. The molecule has 0 aliphatic heterocycles. The van der Waals surface area contributed by atoms with Gasteiger partial charge in [-0.3, -0.25) is 0 Å². The van der Waals surface area contributed by atoms with Crippen LogP contribution in [0, 0.1) is 6.92 Å². The predicted octanol–water partition coefficient (Wildman–Crippen LogP) is 3.25. The highest BCUT2D eigenvalue weighted by Crippen LogP contribution is 2.25. The van der Waals surface area contributed by atoms with E-state index in [0.29, 0.717) is 19.1 Å². The van der Waals surface area contributed by atoms with Crippen LogP contribution in [-0.4, -0.2) is 30.4 Å². The third-order valence-electron chi connectivity index (χ3n) is 3.35. The predicted molar refractivity (Wildman–Crippen MR) is 84.5 cm³/mol. The van der Waals surface area contributed by atoms with Crippen molar-refractivity contribution in [3.05, 3.63) is 29.3 Å². The lowest BCUT2D eigenvalue weighted by Crippen LogP contribution is -2.43. The Labute approximate surface area is 123 Å². The molecule has 1 rings (SSSR count). The first-order valence-electron chi connectivity index (χ1n) is 7.52. The molecule has 3 heteroatoms. The Hall–Kier alpha value is -1.06. The highest BCUT2D eigenvalue weighted by molar-refractivity contribution is 5.37. The molecule has 1 aromatic rings. The molecule has 0 fully saturated rings. The van der Waals surface area contributed by atoms with Gasteiger partial charge in [0.15, 0.2) is 0 Å². The standard InChI is InChI=1S/C17H29NO2/c1-6-9-18-11-17(5,19)12-20-16-10-15(13(2)3)8-7-14(16)4/h7-8,10,13,18-19H,6,9,11-12H2,1-5H3. The van der Waals surface area contributed by atoms with Crippen molar-refractivity contribution >= 4 is 0 Å². The Morgan fingerprint density at radius 3 is 2.65 bits per heavy atom. The van der Waals surface area contributed by atoms with Crippen molar-refractivity contribution in [3.8, 4) is 5.75 Å². The third-order valence-corrected chi connectivity index (χ3v) is 3.35. The summed E-state index contributed by atoms with van der Waals surface area (Å²) in [7, 11) is 0. The van der Waals surface area contributed by atoms with Crippen LogP contribution in [-0.2, 0) is 0 Å². The number of benzene rings is 1. The van der Waals surface area contributed by atoms with Gasteiger partial charge in [-0.05, 0) is 49.9 Å². The van der Waals surface area contributed by atoms with E-state index in [1.54, 1.807) is 6.92 Å². The van der Waals surface area contributed by atoms with Gasteiger partial charge >= 0.3 is 0 Å². The Morgan fingerprint density at radius 2 is 2.05 bits per heavy atom. The zero-order valence-electron chi connectivity index (χ0n) is 13.5. The summed E-state index contributed by atoms with van der Waals surface area (Å²) in [6.45, 7) is 12.0. The van der Waals surface area contributed by atoms with Crippen LogP contribution in [0.25, 0.3) is 0 Å². The highest BCUT2D eigenvalue weighted by Gasteiger charge is 2.21. The minimum absolute atomic E-state index is 0.298. The molecule has 0 aromatic heterocycles. The van der Waals surface area contributed by atoms with Crippen LogP contribution in [0.3, 0.4) is 0 Å². The van der Waals surface area contributed by atoms with Crippen molar-refractivity contribution in [1.82, 2.24) is 5.32 Å². The number of aliphatic hydroxyl groups is 1. The average Bonchev–Trinajstić information content (AvgIpc) is 2.37. The summed E-state index contributed by atoms with van der Waals surface area (Å²) in [5.74, 6) is 1.34. The molecule has 114 valence electrons. The summed E-state index contributed by atoms with van der Waals surface area (Å²) in [5.41, 5.74) is 1.51. The zero-order valence-corrected chi connectivity index (χ0v) is 13.5. The topological polar surface area (TPSA) is 41.5 Å². The van der Waals surface area contributed by atoms with Crippen molar-refractivity contribution in [1.29, 1.82) is 0 Å². The van der Waals surface area contributed by atoms with E-state index in [-0.39, 0.29) is 0 Å². The lowest BCUT2D eigenvalue weighted by molar-refractivity contribution is 0.0122. The molecule has 0 bridgehead atoms. The van der Waals surface area contributed by atoms with E-state index in [0.717, 1.165) is 24.3 Å². The molecule has 0 saturated heterocycles. The molecule has 0 aliphatic rings. The Kier molecular flexibility index (Phi) is 6.50. The van der Waals surface area contributed by atoms with Crippen LogP contribution in [0.5, 0.6) is 5.75 Å². The van der Waals surface area contributed by atoms with Gasteiger partial charge in [-0.2, -0.15) is 0 Å². The quantitative estimate of drug-likeness (QED) is 0.718. The van der Waals surface area contributed by atoms with Crippen LogP contribution in [0.15, 0.2) is 18.2 Å². The van der Waals surface area contributed by atoms with Crippen LogP contribution in [0.1, 0.15) is 51.2 Å². The van der Waals surface area contributed by atoms with E-state index >= 15 is 0 Å². The molecule has 1 unspecified atom stereocenters. The van der Waals surface area contributed by atoms with Gasteiger partial charge in [0.2, 0.25) is 0 Å². The lowest BCUT2D eigenvalue weighted by atomic mass is 10.0. The molecule has 0 heterocycles. The number of nitrogens with one attached hydrogen (secondary N) is 1. The first-order valence-corrected chi connectivity index (χ1v) is 7.52. The smallest absolute Gasteiger partial charge is 0.122 e. The van der Waals surface area contributed by atoms with Crippen molar-refractivity contribution in [2.45, 2.75) is 52.6 Å². The van der Waals surface area contributed by atoms with Gasteiger partial charge in [-0.25, -0.2) is 0 Å². The van der Waals surface area contributed by atoms with Crippen molar-refractivity contribution in [3.63, 3.8) is 0 Å². The summed E-state index contributed by atoms with van der Waals surface area (Å²) >= 11 is 0. The van der Waals surface area contributed by atoms with E-state index in [1.807, 2.05) is 6.92 Å². The Morgan fingerprint density at radius 1 is 1.35 bits per heavy atom. The van der Waals surface area contributed by atoms with Crippen molar-refractivity contribution in [2.24, 2.45) is 0 Å². The molecule has 0 saturated carbocycles. The molecule has 0 spiro atoms. The van der Waals surface area contributed by atoms with E-state index in [2.05, 4.69) is 44.3 Å². The Bertz CT molecular complexity index is 413. The van der Waals surface area contributed by atoms with Crippen molar-refractivity contribution < 1.29 is 9.84 Å². The molecule has 0 amide bonds. The van der Waals surface area contributed by atoms with Crippen LogP contribution >= 0.6 is 0 Å². The van der Waals surface area contributed by atoms with Crippen LogP contribution in [0.4, 0.5) is 0 Å². The average molecular weight is 279 g/mol. The maximum absolute atomic E-state index is 10.3.